The van der Waals surface area contributed by atoms with Crippen molar-refractivity contribution >= 4 is 17.3 Å². The molecule has 2 saturated heterocycles. The molecule has 0 aromatic heterocycles. The van der Waals surface area contributed by atoms with Crippen LogP contribution in [0.25, 0.3) is 0 Å². The van der Waals surface area contributed by atoms with Crippen molar-refractivity contribution in [2.45, 2.75) is 58.1 Å². The van der Waals surface area contributed by atoms with Crippen molar-refractivity contribution in [1.29, 1.82) is 0 Å². The highest BCUT2D eigenvalue weighted by Crippen LogP contribution is 2.32. The van der Waals surface area contributed by atoms with E-state index in [1.165, 1.54) is 12.1 Å². The second-order valence-electron chi connectivity index (χ2n) is 8.99. The Kier molecular flexibility index (Phi) is 6.31. The summed E-state index contributed by atoms with van der Waals surface area (Å²) in [5.74, 6) is -0.377. The molecule has 0 saturated carbocycles. The van der Waals surface area contributed by atoms with Crippen molar-refractivity contribution in [3.8, 4) is 5.75 Å². The SMILES string of the molecule is CC(C)(C)OC(=O)C1CCN(C2CCN(c3ccc([N+](=O)[O-])c(O)c3)CC2)CC1. The number of anilines is 1. The van der Waals surface area contributed by atoms with Gasteiger partial charge in [-0.3, -0.25) is 14.9 Å². The Morgan fingerprint density at radius 3 is 2.28 bits per heavy atom. The van der Waals surface area contributed by atoms with E-state index >= 15 is 0 Å². The van der Waals surface area contributed by atoms with Crippen LogP contribution < -0.4 is 4.90 Å². The fraction of sp³-hybridized carbons (Fsp3) is 0.667. The van der Waals surface area contributed by atoms with Gasteiger partial charge < -0.3 is 19.6 Å². The minimum absolute atomic E-state index is 0.00588. The molecule has 8 nitrogen and oxygen atoms in total. The number of nitro groups is 1. The minimum Gasteiger partial charge on any atom is -0.502 e. The monoisotopic (exact) mass is 405 g/mol. The van der Waals surface area contributed by atoms with Crippen molar-refractivity contribution in [3.05, 3.63) is 28.3 Å². The first-order valence-corrected chi connectivity index (χ1v) is 10.3. The molecule has 2 aliphatic heterocycles. The Labute approximate surface area is 171 Å². The number of nitro benzene ring substituents is 1. The maximum absolute atomic E-state index is 12.3. The summed E-state index contributed by atoms with van der Waals surface area (Å²) in [6.07, 6.45) is 3.67. The quantitative estimate of drug-likeness (QED) is 0.466. The Balaban J connectivity index is 1.49. The molecule has 160 valence electrons. The normalized spacial score (nSPS) is 19.9. The third-order valence-electron chi connectivity index (χ3n) is 5.77. The largest absolute Gasteiger partial charge is 0.502 e. The average molecular weight is 405 g/mol. The first-order valence-electron chi connectivity index (χ1n) is 10.3. The van der Waals surface area contributed by atoms with E-state index in [1.54, 1.807) is 6.07 Å². The van der Waals surface area contributed by atoms with E-state index in [1.807, 2.05) is 20.8 Å². The first kappa shape index (κ1) is 21.4. The van der Waals surface area contributed by atoms with E-state index in [0.29, 0.717) is 6.04 Å². The first-order chi connectivity index (χ1) is 13.6. The highest BCUT2D eigenvalue weighted by atomic mass is 16.6. The van der Waals surface area contributed by atoms with Gasteiger partial charge in [-0.1, -0.05) is 0 Å². The Hall–Kier alpha value is -2.35. The molecule has 1 N–H and O–H groups in total. The number of rotatable bonds is 4. The number of phenols is 1. The molecule has 0 aliphatic carbocycles. The number of hydrogen-bond donors (Lipinski definition) is 1. The Bertz CT molecular complexity index is 745. The van der Waals surface area contributed by atoms with Crippen LogP contribution in [0.3, 0.4) is 0 Å². The molecule has 1 aromatic carbocycles. The zero-order chi connectivity index (χ0) is 21.2. The number of likely N-dealkylation sites (tertiary alicyclic amines) is 1. The van der Waals surface area contributed by atoms with Gasteiger partial charge in [-0.2, -0.15) is 0 Å². The van der Waals surface area contributed by atoms with Crippen molar-refractivity contribution in [1.82, 2.24) is 4.90 Å². The number of ether oxygens (including phenoxy) is 1. The summed E-state index contributed by atoms with van der Waals surface area (Å²) in [6, 6.07) is 5.02. The van der Waals surface area contributed by atoms with Crippen molar-refractivity contribution in [2.75, 3.05) is 31.1 Å². The molecule has 3 rings (SSSR count). The lowest BCUT2D eigenvalue weighted by atomic mass is 9.93. The minimum atomic E-state index is -0.577. The van der Waals surface area contributed by atoms with Gasteiger partial charge in [0.25, 0.3) is 0 Å². The van der Waals surface area contributed by atoms with Crippen LogP contribution in [0.2, 0.25) is 0 Å². The molecule has 8 heteroatoms. The van der Waals surface area contributed by atoms with Crippen LogP contribution in [0, 0.1) is 16.0 Å². The van der Waals surface area contributed by atoms with Gasteiger partial charge in [0.1, 0.15) is 5.60 Å². The standard InChI is InChI=1S/C21H31N3O5/c1-21(2,3)29-20(26)15-6-10-22(11-7-15)16-8-12-23(13-9-16)17-4-5-18(24(27)28)19(25)14-17/h4-5,14-16,25H,6-13H2,1-3H3. The van der Waals surface area contributed by atoms with Gasteiger partial charge in [0, 0.05) is 37.0 Å². The van der Waals surface area contributed by atoms with Gasteiger partial charge in [-0.15, -0.1) is 0 Å². The zero-order valence-corrected chi connectivity index (χ0v) is 17.5. The van der Waals surface area contributed by atoms with Gasteiger partial charge in [0.15, 0.2) is 5.75 Å². The molecular formula is C21H31N3O5. The predicted octanol–water partition coefficient (Wildman–Crippen LogP) is 3.32. The zero-order valence-electron chi connectivity index (χ0n) is 17.5. The molecule has 2 aliphatic rings. The lowest BCUT2D eigenvalue weighted by Crippen LogP contribution is -2.48. The van der Waals surface area contributed by atoms with Gasteiger partial charge in [-0.25, -0.2) is 0 Å². The summed E-state index contributed by atoms with van der Waals surface area (Å²) in [5.41, 5.74) is 0.111. The Morgan fingerprint density at radius 1 is 1.14 bits per heavy atom. The van der Waals surface area contributed by atoms with E-state index in [2.05, 4.69) is 9.80 Å². The Morgan fingerprint density at radius 2 is 1.76 bits per heavy atom. The number of phenolic OH excluding ortho intramolecular Hbond substituents is 1. The number of piperidine rings is 2. The van der Waals surface area contributed by atoms with E-state index < -0.39 is 10.5 Å². The number of carbonyl (C=O) groups excluding carboxylic acids is 1. The summed E-state index contributed by atoms with van der Waals surface area (Å²) in [6.45, 7) is 9.21. The highest BCUT2D eigenvalue weighted by molar-refractivity contribution is 5.73. The topological polar surface area (TPSA) is 96.2 Å². The summed E-state index contributed by atoms with van der Waals surface area (Å²) in [5, 5.41) is 20.7. The van der Waals surface area contributed by atoms with Gasteiger partial charge in [0.05, 0.1) is 10.8 Å². The molecule has 0 atom stereocenters. The van der Waals surface area contributed by atoms with Crippen molar-refractivity contribution in [2.24, 2.45) is 5.92 Å². The molecule has 2 fully saturated rings. The molecule has 29 heavy (non-hydrogen) atoms. The maximum Gasteiger partial charge on any atom is 0.310 e. The van der Waals surface area contributed by atoms with Crippen molar-refractivity contribution < 1.29 is 19.6 Å². The fourth-order valence-electron chi connectivity index (χ4n) is 4.24. The van der Waals surface area contributed by atoms with Crippen LogP contribution in [0.4, 0.5) is 11.4 Å². The third-order valence-corrected chi connectivity index (χ3v) is 5.77. The third kappa shape index (κ3) is 5.38. The summed E-state index contributed by atoms with van der Waals surface area (Å²) in [4.78, 5) is 27.2. The van der Waals surface area contributed by atoms with Gasteiger partial charge >= 0.3 is 11.7 Å². The van der Waals surface area contributed by atoms with E-state index in [4.69, 9.17) is 4.74 Å². The fourth-order valence-corrected chi connectivity index (χ4v) is 4.24. The lowest BCUT2D eigenvalue weighted by Gasteiger charge is -2.42. The smallest absolute Gasteiger partial charge is 0.310 e. The van der Waals surface area contributed by atoms with Crippen LogP contribution in [-0.2, 0) is 9.53 Å². The van der Waals surface area contributed by atoms with Gasteiger partial charge in [0.2, 0.25) is 0 Å². The number of benzene rings is 1. The van der Waals surface area contributed by atoms with Gasteiger partial charge in [-0.05, 0) is 65.6 Å². The summed E-state index contributed by atoms with van der Waals surface area (Å²) < 4.78 is 5.53. The molecule has 0 radical (unpaired) electrons. The van der Waals surface area contributed by atoms with Crippen LogP contribution >= 0.6 is 0 Å². The molecule has 2 heterocycles. The average Bonchev–Trinajstić information content (AvgIpc) is 2.66. The molecule has 0 unspecified atom stereocenters. The van der Waals surface area contributed by atoms with E-state index in [-0.39, 0.29) is 23.3 Å². The number of carbonyl (C=O) groups is 1. The lowest BCUT2D eigenvalue weighted by molar-refractivity contribution is -0.385. The molecule has 0 amide bonds. The predicted molar refractivity (Wildman–Crippen MR) is 110 cm³/mol. The second-order valence-corrected chi connectivity index (χ2v) is 8.99. The van der Waals surface area contributed by atoms with Crippen molar-refractivity contribution in [3.63, 3.8) is 0 Å². The summed E-state index contributed by atoms with van der Waals surface area (Å²) >= 11 is 0. The molecule has 1 aromatic rings. The highest BCUT2D eigenvalue weighted by Gasteiger charge is 2.33. The number of hydrogen-bond acceptors (Lipinski definition) is 7. The van der Waals surface area contributed by atoms with Crippen LogP contribution in [0.15, 0.2) is 18.2 Å². The van der Waals surface area contributed by atoms with Crippen LogP contribution in [-0.4, -0.2) is 58.7 Å². The molecular weight excluding hydrogens is 374 g/mol. The van der Waals surface area contributed by atoms with Crippen LogP contribution in [0.1, 0.15) is 46.5 Å². The number of nitrogens with zero attached hydrogens (tertiary/aromatic N) is 3. The van der Waals surface area contributed by atoms with E-state index in [0.717, 1.165) is 57.5 Å². The maximum atomic E-state index is 12.3. The summed E-state index contributed by atoms with van der Waals surface area (Å²) in [7, 11) is 0. The number of aromatic hydroxyl groups is 1. The molecule has 0 bridgehead atoms. The number of esters is 1. The van der Waals surface area contributed by atoms with E-state index in [9.17, 15) is 20.0 Å². The second kappa shape index (κ2) is 8.57. The van der Waals surface area contributed by atoms with Crippen LogP contribution in [0.5, 0.6) is 5.75 Å². The molecule has 0 spiro atoms.